The van der Waals surface area contributed by atoms with Gasteiger partial charge in [0, 0.05) is 29.4 Å². The van der Waals surface area contributed by atoms with E-state index in [2.05, 4.69) is 25.9 Å². The summed E-state index contributed by atoms with van der Waals surface area (Å²) in [7, 11) is 1.54. The third-order valence-corrected chi connectivity index (χ3v) is 4.60. The van der Waals surface area contributed by atoms with Crippen LogP contribution in [0.3, 0.4) is 0 Å². The number of H-pyrrole nitrogens is 1. The van der Waals surface area contributed by atoms with E-state index in [9.17, 15) is 14.9 Å². The number of rotatable bonds is 4. The van der Waals surface area contributed by atoms with Gasteiger partial charge in [-0.25, -0.2) is 9.78 Å². The van der Waals surface area contributed by atoms with E-state index in [1.165, 1.54) is 7.05 Å². The summed E-state index contributed by atoms with van der Waals surface area (Å²) in [6.45, 7) is 0. The molecule has 0 bridgehead atoms. The number of nitriles is 1. The summed E-state index contributed by atoms with van der Waals surface area (Å²) in [6.07, 6.45) is 6.77. The van der Waals surface area contributed by atoms with Gasteiger partial charge >= 0.3 is 6.03 Å². The molecule has 1 aliphatic carbocycles. The smallest absolute Gasteiger partial charge is 0.318 e. The summed E-state index contributed by atoms with van der Waals surface area (Å²) in [4.78, 5) is 31.0. The topological polar surface area (TPSA) is 123 Å². The number of allylic oxidation sites excluding steroid dienone is 3. The van der Waals surface area contributed by atoms with Crippen LogP contribution in [0.1, 0.15) is 30.0 Å². The van der Waals surface area contributed by atoms with Crippen molar-refractivity contribution in [3.05, 3.63) is 74.8 Å². The van der Waals surface area contributed by atoms with E-state index in [0.717, 1.165) is 0 Å². The van der Waals surface area contributed by atoms with Gasteiger partial charge in [0.1, 0.15) is 11.6 Å². The van der Waals surface area contributed by atoms with Gasteiger partial charge in [-0.2, -0.15) is 5.26 Å². The van der Waals surface area contributed by atoms with Gasteiger partial charge in [-0.3, -0.25) is 9.78 Å². The highest BCUT2D eigenvalue weighted by molar-refractivity contribution is 6.30. The number of aromatic nitrogens is 2. The normalized spacial score (nSPS) is 15.6. The van der Waals surface area contributed by atoms with Crippen LogP contribution in [0.15, 0.2) is 53.0 Å². The number of carbonyl (C=O) groups excluding carboxylic acids is 1. The van der Waals surface area contributed by atoms with Crippen molar-refractivity contribution in [2.45, 2.75) is 18.8 Å². The number of hydrogen-bond donors (Lipinski definition) is 4. The van der Waals surface area contributed by atoms with Crippen molar-refractivity contribution >= 4 is 29.3 Å². The Labute approximate surface area is 172 Å². The van der Waals surface area contributed by atoms with E-state index >= 15 is 0 Å². The molecule has 0 spiro atoms. The molecule has 0 aliphatic heterocycles. The molecule has 148 valence electrons. The van der Waals surface area contributed by atoms with Gasteiger partial charge in [0.05, 0.1) is 5.69 Å². The van der Waals surface area contributed by atoms with Gasteiger partial charge in [-0.05, 0) is 43.2 Å². The molecule has 4 N–H and O–H groups in total. The maximum absolute atomic E-state index is 12.4. The SMILES string of the molecule is CNC(=O)NC1=CCCC(c2nc(Nc3ccc(Cl)cc3)[nH]c(=O)c2C#N)C=C1. The lowest BCUT2D eigenvalue weighted by atomic mass is 9.96. The number of nitrogens with zero attached hydrogens (tertiary/aromatic N) is 2. The van der Waals surface area contributed by atoms with E-state index < -0.39 is 5.56 Å². The minimum Gasteiger partial charge on any atom is -0.341 e. The molecule has 0 saturated heterocycles. The van der Waals surface area contributed by atoms with E-state index in [1.54, 1.807) is 30.3 Å². The lowest BCUT2D eigenvalue weighted by Crippen LogP contribution is -2.31. The molecule has 1 unspecified atom stereocenters. The van der Waals surface area contributed by atoms with Crippen LogP contribution in [0.5, 0.6) is 0 Å². The molecule has 1 aromatic heterocycles. The Bertz CT molecular complexity index is 1070. The Kier molecular flexibility index (Phi) is 6.32. The molecule has 0 radical (unpaired) electrons. The summed E-state index contributed by atoms with van der Waals surface area (Å²) in [5.74, 6) is -0.0152. The first kappa shape index (κ1) is 20.2. The fraction of sp³-hybridized carbons (Fsp3) is 0.200. The molecule has 1 atom stereocenters. The number of amides is 2. The number of anilines is 2. The van der Waals surface area contributed by atoms with Crippen molar-refractivity contribution in [3.8, 4) is 6.07 Å². The minimum atomic E-state index is -0.511. The highest BCUT2D eigenvalue weighted by Gasteiger charge is 2.20. The number of halogens is 1. The minimum absolute atomic E-state index is 0.0241. The van der Waals surface area contributed by atoms with Crippen LogP contribution in [0.2, 0.25) is 5.02 Å². The molecule has 8 nitrogen and oxygen atoms in total. The molecule has 2 amide bonds. The zero-order chi connectivity index (χ0) is 20.8. The summed E-state index contributed by atoms with van der Waals surface area (Å²) in [6, 6.07) is 8.58. The fourth-order valence-electron chi connectivity index (χ4n) is 2.91. The molecule has 1 heterocycles. The summed E-state index contributed by atoms with van der Waals surface area (Å²) in [5, 5.41) is 18.3. The predicted molar refractivity (Wildman–Crippen MR) is 111 cm³/mol. The van der Waals surface area contributed by atoms with Gasteiger partial charge in [-0.15, -0.1) is 0 Å². The monoisotopic (exact) mass is 410 g/mol. The number of nitrogens with one attached hydrogen (secondary N) is 4. The highest BCUT2D eigenvalue weighted by atomic mass is 35.5. The van der Waals surface area contributed by atoms with Gasteiger partial charge in [0.15, 0.2) is 0 Å². The van der Waals surface area contributed by atoms with Crippen molar-refractivity contribution in [2.75, 3.05) is 12.4 Å². The first-order valence-corrected chi connectivity index (χ1v) is 9.32. The van der Waals surface area contributed by atoms with Crippen molar-refractivity contribution in [1.82, 2.24) is 20.6 Å². The van der Waals surface area contributed by atoms with Crippen molar-refractivity contribution < 1.29 is 4.79 Å². The zero-order valence-corrected chi connectivity index (χ0v) is 16.4. The number of urea groups is 1. The lowest BCUT2D eigenvalue weighted by molar-refractivity contribution is 0.245. The Hall–Kier alpha value is -3.57. The van der Waals surface area contributed by atoms with E-state index in [0.29, 0.717) is 34.9 Å². The molecule has 9 heteroatoms. The molecular formula is C20H19ClN6O2. The van der Waals surface area contributed by atoms with Gasteiger partial charge < -0.3 is 16.0 Å². The van der Waals surface area contributed by atoms with Crippen LogP contribution < -0.4 is 21.5 Å². The zero-order valence-electron chi connectivity index (χ0n) is 15.6. The molecule has 2 aromatic rings. The van der Waals surface area contributed by atoms with E-state index in [1.807, 2.05) is 18.2 Å². The quantitative estimate of drug-likeness (QED) is 0.616. The third kappa shape index (κ3) is 5.03. The maximum Gasteiger partial charge on any atom is 0.318 e. The fourth-order valence-corrected chi connectivity index (χ4v) is 3.04. The van der Waals surface area contributed by atoms with E-state index in [-0.39, 0.29) is 23.5 Å². The average Bonchev–Trinajstić information content (AvgIpc) is 2.94. The van der Waals surface area contributed by atoms with Crippen molar-refractivity contribution in [3.63, 3.8) is 0 Å². The van der Waals surface area contributed by atoms with Crippen LogP contribution in [0.4, 0.5) is 16.4 Å². The number of hydrogen-bond acceptors (Lipinski definition) is 5. The maximum atomic E-state index is 12.4. The van der Waals surface area contributed by atoms with E-state index in [4.69, 9.17) is 11.6 Å². The van der Waals surface area contributed by atoms with Crippen molar-refractivity contribution in [2.24, 2.45) is 0 Å². The molecule has 1 aliphatic rings. The lowest BCUT2D eigenvalue weighted by Gasteiger charge is -2.14. The first-order valence-electron chi connectivity index (χ1n) is 8.94. The molecule has 1 aromatic carbocycles. The molecule has 0 fully saturated rings. The second-order valence-electron chi connectivity index (χ2n) is 6.33. The molecule has 0 saturated carbocycles. The number of benzene rings is 1. The largest absolute Gasteiger partial charge is 0.341 e. The van der Waals surface area contributed by atoms with Gasteiger partial charge in [0.2, 0.25) is 5.95 Å². The number of aromatic amines is 1. The van der Waals surface area contributed by atoms with Crippen LogP contribution in [0.25, 0.3) is 0 Å². The predicted octanol–water partition coefficient (Wildman–Crippen LogP) is 3.29. The Balaban J connectivity index is 1.90. The van der Waals surface area contributed by atoms with Gasteiger partial charge in [0.25, 0.3) is 5.56 Å². The van der Waals surface area contributed by atoms with Crippen LogP contribution in [-0.2, 0) is 0 Å². The Morgan fingerprint density at radius 3 is 2.79 bits per heavy atom. The Morgan fingerprint density at radius 2 is 2.10 bits per heavy atom. The summed E-state index contributed by atoms with van der Waals surface area (Å²) < 4.78 is 0. The standard InChI is InChI=1S/C20H19ClN6O2/c1-23-20(29)25-14-4-2-3-12(5-8-14)17-16(11-22)18(28)27-19(26-17)24-15-9-6-13(21)7-10-15/h4-10,12H,2-3H2,1H3,(H2,23,25,29)(H2,24,26,27,28). The molecule has 29 heavy (non-hydrogen) atoms. The average molecular weight is 411 g/mol. The highest BCUT2D eigenvalue weighted by Crippen LogP contribution is 2.27. The first-order chi connectivity index (χ1) is 14.0. The molecule has 3 rings (SSSR count). The van der Waals surface area contributed by atoms with Crippen LogP contribution >= 0.6 is 11.6 Å². The third-order valence-electron chi connectivity index (χ3n) is 4.35. The summed E-state index contributed by atoms with van der Waals surface area (Å²) in [5.41, 5.74) is 1.20. The number of carbonyl (C=O) groups is 1. The summed E-state index contributed by atoms with van der Waals surface area (Å²) >= 11 is 5.89. The van der Waals surface area contributed by atoms with Crippen LogP contribution in [0, 0.1) is 11.3 Å². The van der Waals surface area contributed by atoms with Crippen LogP contribution in [-0.4, -0.2) is 23.0 Å². The second-order valence-corrected chi connectivity index (χ2v) is 6.76. The van der Waals surface area contributed by atoms with Gasteiger partial charge in [-0.1, -0.05) is 23.8 Å². The second kappa shape index (κ2) is 9.08. The Morgan fingerprint density at radius 1 is 1.34 bits per heavy atom. The molecular weight excluding hydrogens is 392 g/mol. The van der Waals surface area contributed by atoms with Crippen molar-refractivity contribution in [1.29, 1.82) is 5.26 Å².